The van der Waals surface area contributed by atoms with Gasteiger partial charge in [0, 0.05) is 0 Å². The third-order valence-electron chi connectivity index (χ3n) is 1.71. The van der Waals surface area contributed by atoms with Crippen LogP contribution in [0.1, 0.15) is 6.92 Å². The van der Waals surface area contributed by atoms with Gasteiger partial charge < -0.3 is 10.4 Å². The van der Waals surface area contributed by atoms with Crippen molar-refractivity contribution >= 4 is 11.9 Å². The Morgan fingerprint density at radius 2 is 1.53 bits per heavy atom. The van der Waals surface area contributed by atoms with Gasteiger partial charge in [-0.2, -0.15) is 22.0 Å². The summed E-state index contributed by atoms with van der Waals surface area (Å²) in [6.45, 7) is -2.02. The Balaban J connectivity index is 4.61. The summed E-state index contributed by atoms with van der Waals surface area (Å²) in [5, 5.41) is 9.04. The van der Waals surface area contributed by atoms with E-state index in [2.05, 4.69) is 0 Å². The number of nitrogens with one attached hydrogen (secondary N) is 1. The zero-order valence-electron chi connectivity index (χ0n) is 8.24. The molecule has 0 fully saturated rings. The van der Waals surface area contributed by atoms with E-state index in [1.165, 1.54) is 0 Å². The summed E-state index contributed by atoms with van der Waals surface area (Å²) in [6.07, 6.45) is -5.92. The fraction of sp³-hybridized carbons (Fsp3) is 0.714. The average Bonchev–Trinajstić information content (AvgIpc) is 2.11. The van der Waals surface area contributed by atoms with Crippen molar-refractivity contribution in [2.45, 2.75) is 24.7 Å². The van der Waals surface area contributed by atoms with Crippen molar-refractivity contribution in [3.8, 4) is 0 Å². The zero-order chi connectivity index (χ0) is 14.1. The van der Waals surface area contributed by atoms with Crippen LogP contribution in [0.15, 0.2) is 0 Å². The SMILES string of the molecule is C[C@@](F)(C(=O)O)C(=O)NCC(F)(F)C(F)(F)F. The molecule has 0 radical (unpaired) electrons. The quantitative estimate of drug-likeness (QED) is 0.592. The number of hydrogen-bond acceptors (Lipinski definition) is 2. The highest BCUT2D eigenvalue weighted by molar-refractivity contribution is 6.04. The van der Waals surface area contributed by atoms with Crippen LogP contribution in [0.5, 0.6) is 0 Å². The molecular weight excluding hydrogens is 260 g/mol. The lowest BCUT2D eigenvalue weighted by atomic mass is 10.1. The highest BCUT2D eigenvalue weighted by atomic mass is 19.4. The van der Waals surface area contributed by atoms with E-state index < -0.39 is 36.2 Å². The molecule has 0 heterocycles. The molecule has 17 heavy (non-hydrogen) atoms. The van der Waals surface area contributed by atoms with E-state index in [1.807, 2.05) is 0 Å². The normalized spacial score (nSPS) is 16.2. The number of amides is 1. The number of carboxylic acid groups (broad SMARTS) is 1. The van der Waals surface area contributed by atoms with Crippen molar-refractivity contribution in [3.63, 3.8) is 0 Å². The second kappa shape index (κ2) is 4.41. The Kier molecular flexibility index (Phi) is 4.03. The number of carbonyl (C=O) groups is 2. The van der Waals surface area contributed by atoms with Crippen LogP contribution in [-0.4, -0.2) is 41.3 Å². The fourth-order valence-electron chi connectivity index (χ4n) is 0.555. The largest absolute Gasteiger partial charge is 0.478 e. The van der Waals surface area contributed by atoms with Gasteiger partial charge >= 0.3 is 18.1 Å². The second-order valence-electron chi connectivity index (χ2n) is 3.19. The molecule has 0 rings (SSSR count). The van der Waals surface area contributed by atoms with Gasteiger partial charge in [-0.05, 0) is 6.92 Å². The molecule has 0 spiro atoms. The highest BCUT2D eigenvalue weighted by Gasteiger charge is 2.58. The van der Waals surface area contributed by atoms with E-state index in [0.29, 0.717) is 0 Å². The highest BCUT2D eigenvalue weighted by Crippen LogP contribution is 2.34. The Hall–Kier alpha value is -1.48. The monoisotopic (exact) mass is 267 g/mol. The summed E-state index contributed by atoms with van der Waals surface area (Å²) < 4.78 is 72.4. The number of hydrogen-bond donors (Lipinski definition) is 2. The molecular formula is C7H7F6NO3. The van der Waals surface area contributed by atoms with Gasteiger partial charge in [0.2, 0.25) is 0 Å². The number of aliphatic carboxylic acids is 1. The number of alkyl halides is 6. The van der Waals surface area contributed by atoms with Crippen LogP contribution in [0.4, 0.5) is 26.3 Å². The van der Waals surface area contributed by atoms with Gasteiger partial charge in [0.1, 0.15) is 0 Å². The lowest BCUT2D eigenvalue weighted by molar-refractivity contribution is -0.278. The number of rotatable bonds is 4. The molecule has 100 valence electrons. The van der Waals surface area contributed by atoms with E-state index >= 15 is 0 Å². The van der Waals surface area contributed by atoms with Crippen molar-refractivity contribution in [2.24, 2.45) is 0 Å². The predicted octanol–water partition coefficient (Wildman–Crippen LogP) is 1.11. The van der Waals surface area contributed by atoms with Crippen LogP contribution in [-0.2, 0) is 9.59 Å². The van der Waals surface area contributed by atoms with E-state index in [1.54, 1.807) is 0 Å². The standard InChI is InChI=1S/C7H7F6NO3/c1-5(8,4(16)17)3(15)14-2-6(9,10)7(11,12)13/h2H2,1H3,(H,14,15)(H,16,17)/t5-/m0/s1. The Bertz CT molecular complexity index is 324. The second-order valence-corrected chi connectivity index (χ2v) is 3.19. The van der Waals surface area contributed by atoms with Gasteiger partial charge in [-0.1, -0.05) is 0 Å². The third kappa shape index (κ3) is 3.49. The maximum absolute atomic E-state index is 12.9. The summed E-state index contributed by atoms with van der Waals surface area (Å²) in [5.74, 6) is -9.66. The van der Waals surface area contributed by atoms with Crippen molar-refractivity contribution in [2.75, 3.05) is 6.54 Å². The average molecular weight is 267 g/mol. The third-order valence-corrected chi connectivity index (χ3v) is 1.71. The van der Waals surface area contributed by atoms with E-state index in [9.17, 15) is 35.9 Å². The van der Waals surface area contributed by atoms with Gasteiger partial charge in [-0.3, -0.25) is 4.79 Å². The minimum absolute atomic E-state index is 0.219. The van der Waals surface area contributed by atoms with Gasteiger partial charge in [-0.25, -0.2) is 9.18 Å². The molecule has 0 saturated heterocycles. The molecule has 0 aliphatic rings. The van der Waals surface area contributed by atoms with Crippen molar-refractivity contribution in [1.29, 1.82) is 0 Å². The first-order chi connectivity index (χ1) is 7.32. The predicted molar refractivity (Wildman–Crippen MR) is 41.2 cm³/mol. The van der Waals surface area contributed by atoms with Crippen LogP contribution in [0.25, 0.3) is 0 Å². The Morgan fingerprint density at radius 1 is 1.12 bits per heavy atom. The molecule has 1 amide bonds. The van der Waals surface area contributed by atoms with Gasteiger partial charge in [0.15, 0.2) is 0 Å². The topological polar surface area (TPSA) is 66.4 Å². The summed E-state index contributed by atoms with van der Waals surface area (Å²) in [6, 6.07) is 0. The van der Waals surface area contributed by atoms with Crippen molar-refractivity contribution in [1.82, 2.24) is 5.32 Å². The first-order valence-corrected chi connectivity index (χ1v) is 3.97. The van der Waals surface area contributed by atoms with Crippen molar-refractivity contribution < 1.29 is 41.0 Å². The first kappa shape index (κ1) is 15.5. The van der Waals surface area contributed by atoms with Crippen molar-refractivity contribution in [3.05, 3.63) is 0 Å². The molecule has 4 nitrogen and oxygen atoms in total. The summed E-state index contributed by atoms with van der Waals surface area (Å²) in [5.41, 5.74) is -3.58. The number of carbonyl (C=O) groups excluding carboxylic acids is 1. The lowest BCUT2D eigenvalue weighted by Crippen LogP contribution is -2.53. The molecule has 0 aromatic rings. The van der Waals surface area contributed by atoms with E-state index in [0.717, 1.165) is 5.32 Å². The Labute approximate surface area is 90.6 Å². The Morgan fingerprint density at radius 3 is 1.82 bits per heavy atom. The van der Waals surface area contributed by atoms with Gasteiger partial charge in [0.05, 0.1) is 6.54 Å². The smallest absolute Gasteiger partial charge is 0.455 e. The van der Waals surface area contributed by atoms with E-state index in [-0.39, 0.29) is 6.92 Å². The molecule has 1 atom stereocenters. The molecule has 10 heteroatoms. The molecule has 0 unspecified atom stereocenters. The minimum atomic E-state index is -5.92. The van der Waals surface area contributed by atoms with Crippen LogP contribution < -0.4 is 5.32 Å². The molecule has 0 aromatic heterocycles. The first-order valence-electron chi connectivity index (χ1n) is 3.97. The molecule has 0 aromatic carbocycles. The van der Waals surface area contributed by atoms with Crippen LogP contribution in [0.3, 0.4) is 0 Å². The zero-order valence-corrected chi connectivity index (χ0v) is 8.24. The molecule has 0 bridgehead atoms. The van der Waals surface area contributed by atoms with Gasteiger partial charge in [-0.15, -0.1) is 0 Å². The van der Waals surface area contributed by atoms with E-state index in [4.69, 9.17) is 5.11 Å². The van der Waals surface area contributed by atoms with Gasteiger partial charge in [0.25, 0.3) is 11.6 Å². The molecule has 0 saturated carbocycles. The summed E-state index contributed by atoms with van der Waals surface area (Å²) >= 11 is 0. The molecule has 2 N–H and O–H groups in total. The van der Waals surface area contributed by atoms with Crippen LogP contribution in [0, 0.1) is 0 Å². The maximum Gasteiger partial charge on any atom is 0.455 e. The molecule has 0 aliphatic carbocycles. The fourth-order valence-corrected chi connectivity index (χ4v) is 0.555. The number of carboxylic acids is 1. The van der Waals surface area contributed by atoms with Crippen LogP contribution >= 0.6 is 0 Å². The number of halogens is 6. The lowest BCUT2D eigenvalue weighted by Gasteiger charge is -2.21. The summed E-state index contributed by atoms with van der Waals surface area (Å²) in [7, 11) is 0. The maximum atomic E-state index is 12.9. The minimum Gasteiger partial charge on any atom is -0.478 e. The summed E-state index contributed by atoms with van der Waals surface area (Å²) in [4.78, 5) is 20.9. The van der Waals surface area contributed by atoms with Crippen LogP contribution in [0.2, 0.25) is 0 Å². The molecule has 0 aliphatic heterocycles.